The fraction of sp³-hybridized carbons (Fsp3) is 0. The van der Waals surface area contributed by atoms with Crippen LogP contribution in [-0.2, 0) is 18.3 Å². The van der Waals surface area contributed by atoms with E-state index >= 15 is 0 Å². The zero-order chi connectivity index (χ0) is 18.0. The lowest BCUT2D eigenvalue weighted by atomic mass is 15.8. The van der Waals surface area contributed by atoms with Crippen molar-refractivity contribution >= 4 is 31.3 Å². The Bertz CT molecular complexity index is 279. The number of hydrogen-bond acceptors (Lipinski definition) is 10. The van der Waals surface area contributed by atoms with Crippen LogP contribution >= 0.6 is 31.3 Å². The zero-order valence-electron chi connectivity index (χ0n) is 8.55. The van der Waals surface area contributed by atoms with Crippen LogP contribution in [0.5, 0.6) is 0 Å². The van der Waals surface area contributed by atoms with Gasteiger partial charge in [-0.1, -0.05) is 0 Å². The summed E-state index contributed by atoms with van der Waals surface area (Å²) in [4.78, 5) is 94.4. The lowest BCUT2D eigenvalue weighted by Gasteiger charge is -2.36. The lowest BCUT2D eigenvalue weighted by Crippen LogP contribution is -2.24. The van der Waals surface area contributed by atoms with Gasteiger partial charge in [0.25, 0.3) is 7.82 Å². The molecule has 0 aliphatic carbocycles. The van der Waals surface area contributed by atoms with E-state index in [9.17, 15) is 0 Å². The third kappa shape index (κ3) is 29000. The smallest absolute Gasteiger partial charge is 0.466 e. The van der Waals surface area contributed by atoms with Crippen molar-refractivity contribution in [3.05, 3.63) is 0 Å². The van der Waals surface area contributed by atoms with Crippen LogP contribution in [0.2, 0.25) is 0 Å². The highest BCUT2D eigenvalue weighted by Gasteiger charge is 2.00. The Morgan fingerprint density at radius 1 is 0.550 bits per heavy atom. The van der Waals surface area contributed by atoms with Gasteiger partial charge in [-0.15, -0.1) is 0 Å². The molecule has 0 spiro atoms. The average molecular weight is 386 g/mol. The predicted octanol–water partition coefficient (Wildman–Crippen LogP) is -7.51. The first-order valence-corrected chi connectivity index (χ1v) is 9.08. The molecule has 0 fully saturated rings. The van der Waals surface area contributed by atoms with Gasteiger partial charge in [0.15, 0.2) is 0 Å². The van der Waals surface area contributed by atoms with E-state index in [2.05, 4.69) is 0 Å². The molecule has 0 amide bonds. The van der Waals surface area contributed by atoms with Crippen molar-refractivity contribution in [2.75, 3.05) is 0 Å². The molecule has 0 aliphatic heterocycles. The van der Waals surface area contributed by atoms with Gasteiger partial charge >= 0.3 is 7.82 Å². The minimum Gasteiger partial charge on any atom is -0.822 e. The fourth-order valence-corrected chi connectivity index (χ4v) is 0. The van der Waals surface area contributed by atoms with Crippen LogP contribution in [0.4, 0.5) is 0 Å². The quantitative estimate of drug-likeness (QED) is 0.210. The Labute approximate surface area is 109 Å². The molecule has 0 atom stereocenters. The molecule has 16 nitrogen and oxygen atoms in total. The van der Waals surface area contributed by atoms with Gasteiger partial charge in [0.2, 0.25) is 0 Å². The third-order valence-corrected chi connectivity index (χ3v) is 0. The van der Waals surface area contributed by atoms with Crippen molar-refractivity contribution in [2.45, 2.75) is 0 Å². The largest absolute Gasteiger partial charge is 0.822 e. The highest BCUT2D eigenvalue weighted by Crippen LogP contribution is 2.25. The van der Waals surface area contributed by atoms with E-state index in [1.165, 1.54) is 0 Å². The Hall–Kier alpha value is 0.440. The summed E-state index contributed by atoms with van der Waals surface area (Å²) in [6, 6.07) is 0. The molecule has 0 aromatic rings. The Morgan fingerprint density at radius 3 is 0.550 bits per heavy atom. The molecular weight excluding hydrogens is 380 g/mol. The van der Waals surface area contributed by atoms with E-state index in [-0.39, 0.29) is 0 Å². The number of rotatable bonds is 0. The molecule has 0 unspecified atom stereocenters. The first-order valence-electron chi connectivity index (χ1n) is 3.03. The predicted molar refractivity (Wildman–Crippen MR) is 43.7 cm³/mol. The van der Waals surface area contributed by atoms with Crippen LogP contribution in [0.25, 0.3) is 0 Å². The van der Waals surface area contributed by atoms with Gasteiger partial charge in [-0.3, -0.25) is 4.57 Å². The van der Waals surface area contributed by atoms with E-state index < -0.39 is 31.3 Å². The second kappa shape index (κ2) is 11.1. The van der Waals surface area contributed by atoms with E-state index in [4.69, 9.17) is 77.0 Å². The maximum Gasteiger partial charge on any atom is 0.466 e. The minimum atomic E-state index is -5.39. The summed E-state index contributed by atoms with van der Waals surface area (Å²) < 4.78 is 34.9. The molecule has 20 heavy (non-hydrogen) atoms. The minimum absolute atomic E-state index is 4.64. The number of hydrogen-bond donors (Lipinski definition) is 6. The van der Waals surface area contributed by atoms with Crippen LogP contribution in [0.3, 0.4) is 0 Å². The van der Waals surface area contributed by atoms with Crippen LogP contribution in [0.1, 0.15) is 0 Å². The fourth-order valence-electron chi connectivity index (χ4n) is 0. The summed E-state index contributed by atoms with van der Waals surface area (Å²) in [5, 5.41) is 0. The number of phosphoric acid groups is 4. The molecule has 0 rings (SSSR count). The zero-order valence-corrected chi connectivity index (χ0v) is 12.1. The first kappa shape index (κ1) is 28.6. The van der Waals surface area contributed by atoms with E-state index in [1.807, 2.05) is 0 Å². The molecule has 0 radical (unpaired) electrons. The van der Waals surface area contributed by atoms with Crippen LogP contribution in [-0.4, -0.2) is 29.4 Å². The van der Waals surface area contributed by atoms with Crippen molar-refractivity contribution < 1.29 is 77.0 Å². The van der Waals surface area contributed by atoms with Gasteiger partial charge in [0.1, 0.15) is 0 Å². The molecule has 0 aliphatic rings. The highest BCUT2D eigenvalue weighted by atomic mass is 31.2. The lowest BCUT2D eigenvalue weighted by molar-refractivity contribution is -0.432. The maximum atomic E-state index is 8.88. The van der Waals surface area contributed by atoms with Gasteiger partial charge in [0.05, 0.1) is 7.82 Å². The van der Waals surface area contributed by atoms with Crippen LogP contribution < -0.4 is 29.4 Å². The van der Waals surface area contributed by atoms with Gasteiger partial charge in [-0.05, 0) is 0 Å². The first-order chi connectivity index (χ1) is 8.00. The van der Waals surface area contributed by atoms with Gasteiger partial charge in [0, 0.05) is 0 Å². The van der Waals surface area contributed by atoms with Gasteiger partial charge < -0.3 is 67.9 Å². The van der Waals surface area contributed by atoms with Crippen LogP contribution in [0, 0.1) is 0 Å². The second-order valence-electron chi connectivity index (χ2n) is 1.92. The monoisotopic (exact) mass is 386 g/mol. The summed E-state index contributed by atoms with van der Waals surface area (Å²) in [7, 11) is -20.1. The van der Waals surface area contributed by atoms with Crippen molar-refractivity contribution in [3.63, 3.8) is 0 Å². The van der Waals surface area contributed by atoms with E-state index in [1.54, 1.807) is 0 Å². The second-order valence-corrected chi connectivity index (χ2v) is 5.76. The topological polar surface area (TPSA) is 328 Å². The standard InChI is InChI=1S/4H3O4P/c4*1-5(2,3)4/h4*(H3,1,2,3,4)/p-6. The molecule has 0 saturated carbocycles. The van der Waals surface area contributed by atoms with Gasteiger partial charge in [-0.2, -0.15) is 7.82 Å². The third-order valence-electron chi connectivity index (χ3n) is 0. The molecular formula is H6O16P4-6. The van der Waals surface area contributed by atoms with Crippen molar-refractivity contribution in [1.82, 2.24) is 0 Å². The SMILES string of the molecule is O=P(O)(O)O.O=P([O-])(O)O.O=P([O-])([O-])O.O=P([O-])([O-])[O-]. The molecule has 0 aromatic carbocycles. The summed E-state index contributed by atoms with van der Waals surface area (Å²) in [6.45, 7) is 0. The molecule has 128 valence electrons. The summed E-state index contributed by atoms with van der Waals surface area (Å²) in [5.74, 6) is 0. The highest BCUT2D eigenvalue weighted by molar-refractivity contribution is 7.45. The van der Waals surface area contributed by atoms with E-state index in [0.29, 0.717) is 0 Å². The van der Waals surface area contributed by atoms with Gasteiger partial charge in [-0.25, -0.2) is 4.57 Å². The summed E-state index contributed by atoms with van der Waals surface area (Å²) in [5.41, 5.74) is 0. The van der Waals surface area contributed by atoms with Crippen molar-refractivity contribution in [3.8, 4) is 0 Å². The molecule has 0 aromatic heterocycles. The average Bonchev–Trinajstić information content (AvgIpc) is 1.62. The summed E-state index contributed by atoms with van der Waals surface area (Å²) >= 11 is 0. The van der Waals surface area contributed by atoms with E-state index in [0.717, 1.165) is 0 Å². The molecule has 0 saturated heterocycles. The molecule has 20 heteroatoms. The molecule has 0 bridgehead atoms. The van der Waals surface area contributed by atoms with Crippen LogP contribution in [0.15, 0.2) is 0 Å². The normalized spacial score (nSPS) is 11.8. The maximum absolute atomic E-state index is 8.88. The molecule has 6 N–H and O–H groups in total. The Balaban J connectivity index is -0.0000000853. The summed E-state index contributed by atoms with van der Waals surface area (Å²) in [6.07, 6.45) is 0. The Morgan fingerprint density at radius 2 is 0.550 bits per heavy atom. The van der Waals surface area contributed by atoms with Crippen molar-refractivity contribution in [1.29, 1.82) is 0 Å². The molecule has 0 heterocycles. The van der Waals surface area contributed by atoms with Crippen molar-refractivity contribution in [2.24, 2.45) is 0 Å². The Kier molecular flexibility index (Phi) is 15.8.